The number of nitrogens with one attached hydrogen (secondary N) is 1. The van der Waals surface area contributed by atoms with Crippen molar-refractivity contribution in [1.82, 2.24) is 9.97 Å². The molecule has 3 N–H and O–H groups in total. The normalized spacial score (nSPS) is 10.9. The molecule has 1 aromatic heterocycles. The van der Waals surface area contributed by atoms with Crippen LogP contribution in [0.5, 0.6) is 0 Å². The van der Waals surface area contributed by atoms with Crippen molar-refractivity contribution >= 4 is 40.3 Å². The first-order chi connectivity index (χ1) is 10.1. The minimum atomic E-state index is -0.471. The Labute approximate surface area is 130 Å². The maximum absolute atomic E-state index is 11.4. The maximum atomic E-state index is 11.4. The first-order valence-corrected chi connectivity index (χ1v) is 7.65. The lowest BCUT2D eigenvalue weighted by Gasteiger charge is -1.98. The average molecular weight is 318 g/mol. The molecule has 0 spiro atoms. The number of carbonyl (C=O) groups excluding carboxylic acids is 1. The SMILES string of the molecule is NC(=O)c1cccc2[nH]c(SCc3ccc(Cl)cc3)nc12. The Morgan fingerprint density at radius 1 is 1.24 bits per heavy atom. The van der Waals surface area contributed by atoms with E-state index in [0.717, 1.165) is 27.0 Å². The highest BCUT2D eigenvalue weighted by Crippen LogP contribution is 2.25. The van der Waals surface area contributed by atoms with E-state index in [2.05, 4.69) is 9.97 Å². The second-order valence-corrected chi connectivity index (χ2v) is 5.92. The number of primary amides is 1. The third kappa shape index (κ3) is 3.04. The minimum Gasteiger partial charge on any atom is -0.366 e. The van der Waals surface area contributed by atoms with Crippen molar-refractivity contribution in [2.45, 2.75) is 10.9 Å². The molecule has 1 amide bonds. The summed E-state index contributed by atoms with van der Waals surface area (Å²) in [5, 5.41) is 1.48. The highest BCUT2D eigenvalue weighted by Gasteiger charge is 2.11. The zero-order valence-corrected chi connectivity index (χ0v) is 12.5. The number of aromatic nitrogens is 2. The van der Waals surface area contributed by atoms with Crippen molar-refractivity contribution < 1.29 is 4.79 Å². The number of thioether (sulfide) groups is 1. The molecular formula is C15H12ClN3OS. The number of rotatable bonds is 4. The number of nitrogens with zero attached hydrogens (tertiary/aromatic N) is 1. The fourth-order valence-corrected chi connectivity index (χ4v) is 2.97. The molecule has 2 aromatic carbocycles. The van der Waals surface area contributed by atoms with Gasteiger partial charge in [0.2, 0.25) is 0 Å². The highest BCUT2D eigenvalue weighted by molar-refractivity contribution is 7.98. The van der Waals surface area contributed by atoms with Crippen molar-refractivity contribution in [3.05, 3.63) is 58.6 Å². The number of benzene rings is 2. The van der Waals surface area contributed by atoms with E-state index in [0.29, 0.717) is 11.1 Å². The Bertz CT molecular complexity index is 798. The van der Waals surface area contributed by atoms with E-state index in [1.807, 2.05) is 30.3 Å². The minimum absolute atomic E-state index is 0.432. The molecule has 0 saturated heterocycles. The van der Waals surface area contributed by atoms with Crippen LogP contribution in [0.25, 0.3) is 11.0 Å². The fraction of sp³-hybridized carbons (Fsp3) is 0.0667. The molecule has 3 rings (SSSR count). The molecule has 21 heavy (non-hydrogen) atoms. The van der Waals surface area contributed by atoms with Gasteiger partial charge in [0, 0.05) is 10.8 Å². The lowest BCUT2D eigenvalue weighted by molar-refractivity contribution is 0.100. The number of H-pyrrole nitrogens is 1. The molecule has 0 aliphatic rings. The van der Waals surface area contributed by atoms with Crippen LogP contribution in [0.3, 0.4) is 0 Å². The highest BCUT2D eigenvalue weighted by atomic mass is 35.5. The van der Waals surface area contributed by atoms with E-state index in [4.69, 9.17) is 17.3 Å². The first-order valence-electron chi connectivity index (χ1n) is 6.29. The van der Waals surface area contributed by atoms with Crippen molar-refractivity contribution in [2.24, 2.45) is 5.73 Å². The van der Waals surface area contributed by atoms with Crippen molar-refractivity contribution in [3.63, 3.8) is 0 Å². The summed E-state index contributed by atoms with van der Waals surface area (Å²) in [6.45, 7) is 0. The second kappa shape index (κ2) is 5.79. The van der Waals surface area contributed by atoms with Gasteiger partial charge in [0.05, 0.1) is 11.1 Å². The molecule has 6 heteroatoms. The van der Waals surface area contributed by atoms with Crippen molar-refractivity contribution in [1.29, 1.82) is 0 Å². The van der Waals surface area contributed by atoms with Crippen molar-refractivity contribution in [3.8, 4) is 0 Å². The lowest BCUT2D eigenvalue weighted by Crippen LogP contribution is -2.11. The second-order valence-electron chi connectivity index (χ2n) is 4.52. The molecular weight excluding hydrogens is 306 g/mol. The molecule has 4 nitrogen and oxygen atoms in total. The van der Waals surface area contributed by atoms with Gasteiger partial charge in [0.25, 0.3) is 5.91 Å². The molecule has 0 saturated carbocycles. The maximum Gasteiger partial charge on any atom is 0.250 e. The number of carbonyl (C=O) groups is 1. The number of imidazole rings is 1. The van der Waals surface area contributed by atoms with Gasteiger partial charge in [-0.3, -0.25) is 4.79 Å². The summed E-state index contributed by atoms with van der Waals surface area (Å²) in [5.41, 5.74) is 8.37. The van der Waals surface area contributed by atoms with E-state index in [9.17, 15) is 4.79 Å². The zero-order chi connectivity index (χ0) is 14.8. The van der Waals surface area contributed by atoms with Crippen LogP contribution in [0.2, 0.25) is 5.02 Å². The zero-order valence-electron chi connectivity index (χ0n) is 11.0. The lowest BCUT2D eigenvalue weighted by atomic mass is 10.2. The summed E-state index contributed by atoms with van der Waals surface area (Å²) in [5.74, 6) is 0.296. The number of aromatic amines is 1. The Morgan fingerprint density at radius 3 is 2.71 bits per heavy atom. The molecule has 0 radical (unpaired) electrons. The average Bonchev–Trinajstić information content (AvgIpc) is 2.89. The van der Waals surface area contributed by atoms with Crippen LogP contribution >= 0.6 is 23.4 Å². The number of hydrogen-bond acceptors (Lipinski definition) is 3. The van der Waals surface area contributed by atoms with E-state index >= 15 is 0 Å². The summed E-state index contributed by atoms with van der Waals surface area (Å²) in [4.78, 5) is 19.0. The monoisotopic (exact) mass is 317 g/mol. The van der Waals surface area contributed by atoms with Crippen LogP contribution in [-0.4, -0.2) is 15.9 Å². The van der Waals surface area contributed by atoms with E-state index in [1.165, 1.54) is 0 Å². The number of para-hydroxylation sites is 1. The van der Waals surface area contributed by atoms with E-state index in [1.54, 1.807) is 23.9 Å². The number of halogens is 1. The van der Waals surface area contributed by atoms with Crippen LogP contribution in [-0.2, 0) is 5.75 Å². The Morgan fingerprint density at radius 2 is 2.00 bits per heavy atom. The molecule has 0 bridgehead atoms. The standard InChI is InChI=1S/C15H12ClN3OS/c16-10-6-4-9(5-7-10)8-21-15-18-12-3-1-2-11(14(17)20)13(12)19-15/h1-7H,8H2,(H2,17,20)(H,18,19). The number of fused-ring (bicyclic) bond motifs is 1. The van der Waals surface area contributed by atoms with Gasteiger partial charge in [-0.1, -0.05) is 41.6 Å². The summed E-state index contributed by atoms with van der Waals surface area (Å²) in [7, 11) is 0. The van der Waals surface area contributed by atoms with Gasteiger partial charge in [-0.15, -0.1) is 0 Å². The first kappa shape index (κ1) is 14.0. The number of amides is 1. The van der Waals surface area contributed by atoms with Crippen LogP contribution in [0, 0.1) is 0 Å². The van der Waals surface area contributed by atoms with E-state index in [-0.39, 0.29) is 0 Å². The summed E-state index contributed by atoms with van der Waals surface area (Å²) in [6.07, 6.45) is 0. The van der Waals surface area contributed by atoms with Gasteiger partial charge in [-0.2, -0.15) is 0 Å². The van der Waals surface area contributed by atoms with Crippen LogP contribution in [0.15, 0.2) is 47.6 Å². The van der Waals surface area contributed by atoms with Crippen LogP contribution in [0.4, 0.5) is 0 Å². The molecule has 0 atom stereocenters. The topological polar surface area (TPSA) is 71.8 Å². The molecule has 0 unspecified atom stereocenters. The third-order valence-corrected chi connectivity index (χ3v) is 4.24. The van der Waals surface area contributed by atoms with Crippen LogP contribution < -0.4 is 5.73 Å². The number of nitrogens with two attached hydrogens (primary N) is 1. The fourth-order valence-electron chi connectivity index (χ4n) is 2.01. The van der Waals surface area contributed by atoms with Gasteiger partial charge < -0.3 is 10.7 Å². The number of hydrogen-bond donors (Lipinski definition) is 2. The van der Waals surface area contributed by atoms with Crippen molar-refractivity contribution in [2.75, 3.05) is 0 Å². The quantitative estimate of drug-likeness (QED) is 0.722. The molecule has 0 aliphatic carbocycles. The van der Waals surface area contributed by atoms with Gasteiger partial charge in [-0.05, 0) is 29.8 Å². The largest absolute Gasteiger partial charge is 0.366 e. The van der Waals surface area contributed by atoms with Gasteiger partial charge in [0.15, 0.2) is 5.16 Å². The summed E-state index contributed by atoms with van der Waals surface area (Å²) >= 11 is 7.42. The predicted octanol–water partition coefficient (Wildman–Crippen LogP) is 3.61. The van der Waals surface area contributed by atoms with Crippen LogP contribution in [0.1, 0.15) is 15.9 Å². The Hall–Kier alpha value is -1.98. The Kier molecular flexibility index (Phi) is 3.86. The molecule has 1 heterocycles. The smallest absolute Gasteiger partial charge is 0.250 e. The summed E-state index contributed by atoms with van der Waals surface area (Å²) in [6, 6.07) is 13.0. The summed E-state index contributed by atoms with van der Waals surface area (Å²) < 4.78 is 0. The molecule has 0 fully saturated rings. The molecule has 0 aliphatic heterocycles. The third-order valence-electron chi connectivity index (χ3n) is 3.05. The van der Waals surface area contributed by atoms with Gasteiger partial charge in [0.1, 0.15) is 5.52 Å². The molecule has 3 aromatic rings. The molecule has 106 valence electrons. The predicted molar refractivity (Wildman–Crippen MR) is 85.6 cm³/mol. The Balaban J connectivity index is 1.83. The van der Waals surface area contributed by atoms with Gasteiger partial charge >= 0.3 is 0 Å². The van der Waals surface area contributed by atoms with Gasteiger partial charge in [-0.25, -0.2) is 4.98 Å². The van der Waals surface area contributed by atoms with E-state index < -0.39 is 5.91 Å².